The van der Waals surface area contributed by atoms with Crippen molar-refractivity contribution < 1.29 is 9.59 Å². The first-order chi connectivity index (χ1) is 8.75. The first kappa shape index (κ1) is 15.9. The standard InChI is InChI=1S/C13H23N3O2S/c1-7(2)10(12(15)19)13(18)16-6-9(11(14)17)5-4-8(16)3/h7-10H,4-6H2,1-3H3,(H2,14,17)(H2,15,19). The third kappa shape index (κ3) is 3.65. The number of thiocarbonyl (C=S) groups is 1. The number of amides is 2. The molecule has 108 valence electrons. The van der Waals surface area contributed by atoms with Gasteiger partial charge in [0.05, 0.1) is 16.8 Å². The predicted octanol–water partition coefficient (Wildman–Crippen LogP) is 0.657. The van der Waals surface area contributed by atoms with Gasteiger partial charge in [0.1, 0.15) is 0 Å². The van der Waals surface area contributed by atoms with E-state index >= 15 is 0 Å². The van der Waals surface area contributed by atoms with Gasteiger partial charge in [0.2, 0.25) is 11.8 Å². The van der Waals surface area contributed by atoms with Crippen LogP contribution in [0.3, 0.4) is 0 Å². The molecule has 5 nitrogen and oxygen atoms in total. The van der Waals surface area contributed by atoms with Gasteiger partial charge in [0.25, 0.3) is 0 Å². The van der Waals surface area contributed by atoms with Crippen LogP contribution < -0.4 is 11.5 Å². The Kier molecular flexibility index (Phi) is 5.29. The minimum absolute atomic E-state index is 0.0474. The summed E-state index contributed by atoms with van der Waals surface area (Å²) in [7, 11) is 0. The molecule has 0 bridgehead atoms. The highest BCUT2D eigenvalue weighted by molar-refractivity contribution is 7.80. The van der Waals surface area contributed by atoms with Crippen LogP contribution in [0.1, 0.15) is 33.6 Å². The van der Waals surface area contributed by atoms with Crippen LogP contribution >= 0.6 is 12.2 Å². The summed E-state index contributed by atoms with van der Waals surface area (Å²) in [5, 5.41) is 0. The first-order valence-electron chi connectivity index (χ1n) is 6.64. The summed E-state index contributed by atoms with van der Waals surface area (Å²) >= 11 is 5.00. The van der Waals surface area contributed by atoms with Crippen molar-refractivity contribution in [2.75, 3.05) is 6.54 Å². The number of hydrogen-bond acceptors (Lipinski definition) is 3. The van der Waals surface area contributed by atoms with Gasteiger partial charge in [-0.25, -0.2) is 0 Å². The van der Waals surface area contributed by atoms with Gasteiger partial charge in [-0.1, -0.05) is 26.1 Å². The van der Waals surface area contributed by atoms with E-state index in [-0.39, 0.29) is 34.7 Å². The summed E-state index contributed by atoms with van der Waals surface area (Å²) < 4.78 is 0. The molecule has 1 saturated heterocycles. The van der Waals surface area contributed by atoms with E-state index in [2.05, 4.69) is 0 Å². The van der Waals surface area contributed by atoms with Crippen molar-refractivity contribution in [2.24, 2.45) is 29.2 Å². The Morgan fingerprint density at radius 3 is 2.26 bits per heavy atom. The normalized spacial score (nSPS) is 25.2. The van der Waals surface area contributed by atoms with Gasteiger partial charge in [-0.3, -0.25) is 9.59 Å². The number of rotatable bonds is 4. The van der Waals surface area contributed by atoms with E-state index in [9.17, 15) is 9.59 Å². The molecule has 6 heteroatoms. The van der Waals surface area contributed by atoms with Gasteiger partial charge in [-0.2, -0.15) is 0 Å². The van der Waals surface area contributed by atoms with Crippen LogP contribution in [0, 0.1) is 17.8 Å². The van der Waals surface area contributed by atoms with Gasteiger partial charge in [-0.15, -0.1) is 0 Å². The van der Waals surface area contributed by atoms with E-state index in [1.807, 2.05) is 20.8 Å². The lowest BCUT2D eigenvalue weighted by atomic mass is 9.88. The minimum atomic E-state index is -0.468. The average molecular weight is 285 g/mol. The maximum absolute atomic E-state index is 12.6. The van der Waals surface area contributed by atoms with E-state index in [0.29, 0.717) is 6.54 Å². The van der Waals surface area contributed by atoms with Gasteiger partial charge in [0, 0.05) is 12.6 Å². The van der Waals surface area contributed by atoms with E-state index in [4.69, 9.17) is 23.7 Å². The molecule has 0 aromatic carbocycles. The predicted molar refractivity (Wildman–Crippen MR) is 78.2 cm³/mol. The highest BCUT2D eigenvalue weighted by Crippen LogP contribution is 2.25. The van der Waals surface area contributed by atoms with Crippen molar-refractivity contribution in [3.63, 3.8) is 0 Å². The fourth-order valence-corrected chi connectivity index (χ4v) is 2.93. The van der Waals surface area contributed by atoms with Crippen LogP contribution in [-0.2, 0) is 9.59 Å². The van der Waals surface area contributed by atoms with Crippen LogP contribution in [0.15, 0.2) is 0 Å². The lowest BCUT2D eigenvalue weighted by molar-refractivity contribution is -0.140. The van der Waals surface area contributed by atoms with Crippen LogP contribution in [0.5, 0.6) is 0 Å². The minimum Gasteiger partial charge on any atom is -0.393 e. The molecule has 0 aromatic heterocycles. The van der Waals surface area contributed by atoms with Crippen molar-refractivity contribution in [1.29, 1.82) is 0 Å². The van der Waals surface area contributed by atoms with Crippen molar-refractivity contribution >= 4 is 29.0 Å². The van der Waals surface area contributed by atoms with E-state index in [1.54, 1.807) is 4.90 Å². The molecule has 19 heavy (non-hydrogen) atoms. The molecule has 0 spiro atoms. The third-order valence-corrected chi connectivity index (χ3v) is 4.06. The largest absolute Gasteiger partial charge is 0.393 e. The molecule has 4 N–H and O–H groups in total. The highest BCUT2D eigenvalue weighted by atomic mass is 32.1. The number of carbonyl (C=O) groups excluding carboxylic acids is 2. The molecule has 1 aliphatic rings. The lowest BCUT2D eigenvalue weighted by Gasteiger charge is -2.39. The zero-order valence-corrected chi connectivity index (χ0v) is 12.6. The van der Waals surface area contributed by atoms with Gasteiger partial charge in [0.15, 0.2) is 0 Å². The Morgan fingerprint density at radius 1 is 1.26 bits per heavy atom. The van der Waals surface area contributed by atoms with Crippen molar-refractivity contribution in [2.45, 2.75) is 39.7 Å². The second kappa shape index (κ2) is 6.32. The number of primary amides is 1. The zero-order valence-electron chi connectivity index (χ0n) is 11.8. The number of nitrogens with zero attached hydrogens (tertiary/aromatic N) is 1. The van der Waals surface area contributed by atoms with E-state index in [1.165, 1.54) is 0 Å². The summed E-state index contributed by atoms with van der Waals surface area (Å²) in [6.45, 7) is 6.19. The molecular formula is C13H23N3O2S. The molecule has 1 heterocycles. The maximum Gasteiger partial charge on any atom is 0.233 e. The smallest absolute Gasteiger partial charge is 0.233 e. The van der Waals surface area contributed by atoms with Crippen molar-refractivity contribution in [1.82, 2.24) is 4.90 Å². The SMILES string of the molecule is CC(C)C(C(=O)N1CC(C(N)=O)CCC1C)C(N)=S. The lowest BCUT2D eigenvalue weighted by Crippen LogP contribution is -2.53. The molecule has 1 fully saturated rings. The molecule has 0 aliphatic carbocycles. The van der Waals surface area contributed by atoms with Crippen LogP contribution in [0.2, 0.25) is 0 Å². The zero-order chi connectivity index (χ0) is 14.7. The molecule has 1 rings (SSSR count). The number of carbonyl (C=O) groups is 2. The van der Waals surface area contributed by atoms with Gasteiger partial charge in [-0.05, 0) is 25.7 Å². The number of piperidine rings is 1. The molecule has 1 aliphatic heterocycles. The Bertz CT molecular complexity index is 384. The molecule has 0 aromatic rings. The molecule has 0 saturated carbocycles. The fourth-order valence-electron chi connectivity index (χ4n) is 2.56. The summed E-state index contributed by atoms with van der Waals surface area (Å²) in [6, 6.07) is 0.0960. The summed E-state index contributed by atoms with van der Waals surface area (Å²) in [6.07, 6.45) is 1.52. The summed E-state index contributed by atoms with van der Waals surface area (Å²) in [4.78, 5) is 25.8. The van der Waals surface area contributed by atoms with Gasteiger partial charge >= 0.3 is 0 Å². The molecule has 3 unspecified atom stereocenters. The Hall–Kier alpha value is -1.17. The number of hydrogen-bond donors (Lipinski definition) is 2. The Morgan fingerprint density at radius 2 is 1.84 bits per heavy atom. The van der Waals surface area contributed by atoms with Crippen LogP contribution in [-0.4, -0.2) is 34.3 Å². The molecule has 0 radical (unpaired) electrons. The quantitative estimate of drug-likeness (QED) is 0.742. The summed E-state index contributed by atoms with van der Waals surface area (Å²) in [5.41, 5.74) is 11.0. The van der Waals surface area contributed by atoms with E-state index < -0.39 is 5.92 Å². The highest BCUT2D eigenvalue weighted by Gasteiger charge is 2.36. The Labute approximate surface area is 119 Å². The number of likely N-dealkylation sites (tertiary alicyclic amines) is 1. The average Bonchev–Trinajstić information content (AvgIpc) is 2.27. The molecular weight excluding hydrogens is 262 g/mol. The first-order valence-corrected chi connectivity index (χ1v) is 7.05. The maximum atomic E-state index is 12.6. The van der Waals surface area contributed by atoms with Crippen LogP contribution in [0.4, 0.5) is 0 Å². The van der Waals surface area contributed by atoms with Gasteiger partial charge < -0.3 is 16.4 Å². The van der Waals surface area contributed by atoms with E-state index in [0.717, 1.165) is 12.8 Å². The second-order valence-corrected chi connectivity index (χ2v) is 6.11. The Balaban J connectivity index is 2.88. The summed E-state index contributed by atoms with van der Waals surface area (Å²) in [5.74, 6) is -1.11. The van der Waals surface area contributed by atoms with Crippen molar-refractivity contribution in [3.8, 4) is 0 Å². The molecule has 2 amide bonds. The second-order valence-electron chi connectivity index (χ2n) is 5.64. The third-order valence-electron chi connectivity index (χ3n) is 3.81. The topological polar surface area (TPSA) is 89.4 Å². The number of nitrogens with two attached hydrogens (primary N) is 2. The van der Waals surface area contributed by atoms with Crippen molar-refractivity contribution in [3.05, 3.63) is 0 Å². The fraction of sp³-hybridized carbons (Fsp3) is 0.769. The van der Waals surface area contributed by atoms with Crippen LogP contribution in [0.25, 0.3) is 0 Å². The monoisotopic (exact) mass is 285 g/mol. The molecule has 3 atom stereocenters.